The monoisotopic (exact) mass is 193 g/mol. The highest BCUT2D eigenvalue weighted by Gasteiger charge is 2.07. The summed E-state index contributed by atoms with van der Waals surface area (Å²) in [5.74, 6) is 0. The average molecular weight is 193 g/mol. The molecular weight excluding hydrogens is 182 g/mol. The molecule has 2 rings (SSSR count). The maximum absolute atomic E-state index is 5.66. The van der Waals surface area contributed by atoms with E-state index in [2.05, 4.69) is 20.0 Å². The highest BCUT2D eigenvalue weighted by molar-refractivity contribution is 5.39. The molecule has 2 aromatic heterocycles. The molecule has 0 spiro atoms. The van der Waals surface area contributed by atoms with Crippen molar-refractivity contribution in [3.8, 4) is 0 Å². The van der Waals surface area contributed by atoms with Crippen LogP contribution in [-0.4, -0.2) is 20.1 Å². The summed E-state index contributed by atoms with van der Waals surface area (Å²) < 4.78 is 6.30. The Balaban J connectivity index is 2.23. The van der Waals surface area contributed by atoms with E-state index in [1.165, 1.54) is 0 Å². The number of aromatic nitrogens is 4. The minimum absolute atomic E-state index is 0.535. The minimum Gasteiger partial charge on any atom is -0.396 e. The minimum atomic E-state index is 0.535. The van der Waals surface area contributed by atoms with Crippen molar-refractivity contribution < 1.29 is 4.63 Å². The van der Waals surface area contributed by atoms with Gasteiger partial charge in [-0.05, 0) is 13.8 Å². The Labute approximate surface area is 80.7 Å². The normalized spacial score (nSPS) is 10.7. The summed E-state index contributed by atoms with van der Waals surface area (Å²) in [6.45, 7) is 4.23. The van der Waals surface area contributed by atoms with Crippen LogP contribution in [-0.2, 0) is 6.54 Å². The van der Waals surface area contributed by atoms with E-state index in [9.17, 15) is 0 Å². The van der Waals surface area contributed by atoms with Gasteiger partial charge in [0.25, 0.3) is 0 Å². The summed E-state index contributed by atoms with van der Waals surface area (Å²) >= 11 is 0. The van der Waals surface area contributed by atoms with Crippen molar-refractivity contribution in [2.45, 2.75) is 20.4 Å². The van der Waals surface area contributed by atoms with Crippen LogP contribution in [0.25, 0.3) is 0 Å². The second kappa shape index (κ2) is 3.13. The number of hydrogen-bond donors (Lipinski definition) is 1. The molecule has 6 nitrogen and oxygen atoms in total. The fourth-order valence-corrected chi connectivity index (χ4v) is 1.16. The lowest BCUT2D eigenvalue weighted by Gasteiger charge is -1.95. The topological polar surface area (TPSA) is 82.8 Å². The van der Waals surface area contributed by atoms with Gasteiger partial charge in [-0.25, -0.2) is 4.63 Å². The molecule has 0 unspecified atom stereocenters. The first-order chi connectivity index (χ1) is 6.66. The van der Waals surface area contributed by atoms with Gasteiger partial charge in [0.15, 0.2) is 0 Å². The number of hydrogen-bond acceptors (Lipinski definition) is 5. The molecule has 14 heavy (non-hydrogen) atoms. The van der Waals surface area contributed by atoms with Gasteiger partial charge in [-0.1, -0.05) is 10.3 Å². The number of anilines is 1. The van der Waals surface area contributed by atoms with E-state index in [0.29, 0.717) is 12.2 Å². The van der Waals surface area contributed by atoms with E-state index in [0.717, 1.165) is 17.1 Å². The van der Waals surface area contributed by atoms with E-state index >= 15 is 0 Å². The zero-order valence-electron chi connectivity index (χ0n) is 8.06. The summed E-state index contributed by atoms with van der Waals surface area (Å²) in [6, 6.07) is 0. The Morgan fingerprint density at radius 2 is 2.14 bits per heavy atom. The van der Waals surface area contributed by atoms with Crippen molar-refractivity contribution in [1.82, 2.24) is 20.1 Å². The van der Waals surface area contributed by atoms with E-state index in [1.807, 2.05) is 13.8 Å². The zero-order chi connectivity index (χ0) is 10.1. The summed E-state index contributed by atoms with van der Waals surface area (Å²) in [6.07, 6.45) is 1.77. The van der Waals surface area contributed by atoms with E-state index < -0.39 is 0 Å². The second-order valence-electron chi connectivity index (χ2n) is 3.16. The van der Waals surface area contributed by atoms with Crippen LogP contribution in [0.5, 0.6) is 0 Å². The van der Waals surface area contributed by atoms with Gasteiger partial charge in [-0.15, -0.1) is 0 Å². The average Bonchev–Trinajstić information content (AvgIpc) is 2.63. The Morgan fingerprint density at radius 1 is 1.36 bits per heavy atom. The third-order valence-electron chi connectivity index (χ3n) is 2.04. The molecule has 0 aliphatic heterocycles. The fraction of sp³-hybridized carbons (Fsp3) is 0.375. The summed E-state index contributed by atoms with van der Waals surface area (Å²) in [4.78, 5) is 0. The second-order valence-corrected chi connectivity index (χ2v) is 3.16. The Kier molecular flexibility index (Phi) is 1.95. The van der Waals surface area contributed by atoms with E-state index in [1.54, 1.807) is 10.9 Å². The van der Waals surface area contributed by atoms with Crippen LogP contribution in [0.2, 0.25) is 0 Å². The SMILES string of the molecule is Cc1nn(Cc2nonc2C)cc1N. The number of nitrogens with two attached hydrogens (primary N) is 1. The summed E-state index contributed by atoms with van der Waals surface area (Å²) in [7, 11) is 0. The molecule has 0 radical (unpaired) electrons. The van der Waals surface area contributed by atoms with E-state index in [-0.39, 0.29) is 0 Å². The fourth-order valence-electron chi connectivity index (χ4n) is 1.16. The van der Waals surface area contributed by atoms with Gasteiger partial charge < -0.3 is 5.73 Å². The van der Waals surface area contributed by atoms with Crippen LogP contribution in [0.4, 0.5) is 5.69 Å². The Morgan fingerprint density at radius 3 is 2.64 bits per heavy atom. The molecule has 0 aliphatic carbocycles. The molecule has 2 N–H and O–H groups in total. The predicted octanol–water partition coefficient (Wildman–Crippen LogP) is 0.513. The standard InChI is InChI=1S/C8H11N5O/c1-5-7(9)3-13(10-5)4-8-6(2)11-14-12-8/h3H,4,9H2,1-2H3. The lowest BCUT2D eigenvalue weighted by atomic mass is 10.3. The van der Waals surface area contributed by atoms with Gasteiger partial charge in [0.2, 0.25) is 0 Å². The molecule has 0 fully saturated rings. The highest BCUT2D eigenvalue weighted by Crippen LogP contribution is 2.09. The van der Waals surface area contributed by atoms with Gasteiger partial charge in [0, 0.05) is 6.20 Å². The molecule has 2 aromatic rings. The van der Waals surface area contributed by atoms with Crippen molar-refractivity contribution in [2.24, 2.45) is 0 Å². The van der Waals surface area contributed by atoms with Crippen molar-refractivity contribution in [1.29, 1.82) is 0 Å². The molecule has 0 atom stereocenters. The van der Waals surface area contributed by atoms with Crippen molar-refractivity contribution >= 4 is 5.69 Å². The maximum Gasteiger partial charge on any atom is 0.129 e. The predicted molar refractivity (Wildman–Crippen MR) is 49.5 cm³/mol. The first-order valence-electron chi connectivity index (χ1n) is 4.24. The summed E-state index contributed by atoms with van der Waals surface area (Å²) in [5.41, 5.74) is 8.71. The number of rotatable bonds is 2. The molecule has 0 aliphatic rings. The van der Waals surface area contributed by atoms with E-state index in [4.69, 9.17) is 5.73 Å². The molecule has 6 heteroatoms. The van der Waals surface area contributed by atoms with Crippen molar-refractivity contribution in [2.75, 3.05) is 5.73 Å². The molecule has 0 aromatic carbocycles. The molecule has 0 saturated carbocycles. The number of nitrogens with zero attached hydrogens (tertiary/aromatic N) is 4. The van der Waals surface area contributed by atoms with Gasteiger partial charge >= 0.3 is 0 Å². The lowest BCUT2D eigenvalue weighted by molar-refractivity contribution is 0.300. The molecule has 2 heterocycles. The first-order valence-corrected chi connectivity index (χ1v) is 4.24. The quantitative estimate of drug-likeness (QED) is 0.751. The Hall–Kier alpha value is -1.85. The molecule has 74 valence electrons. The van der Waals surface area contributed by atoms with Crippen molar-refractivity contribution in [3.05, 3.63) is 23.3 Å². The third kappa shape index (κ3) is 1.46. The largest absolute Gasteiger partial charge is 0.396 e. The molecular formula is C8H11N5O. The van der Waals surface area contributed by atoms with Gasteiger partial charge in [-0.3, -0.25) is 4.68 Å². The number of nitrogen functional groups attached to an aromatic ring is 1. The lowest BCUT2D eigenvalue weighted by Crippen LogP contribution is -2.02. The highest BCUT2D eigenvalue weighted by atomic mass is 16.6. The molecule has 0 saturated heterocycles. The first kappa shape index (κ1) is 8.74. The Bertz CT molecular complexity index is 425. The number of aryl methyl sites for hydroxylation is 2. The van der Waals surface area contributed by atoms with Crippen LogP contribution >= 0.6 is 0 Å². The van der Waals surface area contributed by atoms with Crippen LogP contribution < -0.4 is 5.73 Å². The zero-order valence-corrected chi connectivity index (χ0v) is 8.06. The smallest absolute Gasteiger partial charge is 0.129 e. The van der Waals surface area contributed by atoms with Crippen LogP contribution in [0.3, 0.4) is 0 Å². The van der Waals surface area contributed by atoms with Crippen molar-refractivity contribution in [3.63, 3.8) is 0 Å². The van der Waals surface area contributed by atoms with Gasteiger partial charge in [0.1, 0.15) is 11.4 Å². The van der Waals surface area contributed by atoms with Crippen LogP contribution in [0.15, 0.2) is 10.8 Å². The molecule has 0 amide bonds. The van der Waals surface area contributed by atoms with Gasteiger partial charge in [0.05, 0.1) is 17.9 Å². The maximum atomic E-state index is 5.66. The van der Waals surface area contributed by atoms with Gasteiger partial charge in [-0.2, -0.15) is 5.10 Å². The third-order valence-corrected chi connectivity index (χ3v) is 2.04. The van der Waals surface area contributed by atoms with Crippen LogP contribution in [0, 0.1) is 13.8 Å². The van der Waals surface area contributed by atoms with Crippen LogP contribution in [0.1, 0.15) is 17.1 Å². The molecule has 0 bridgehead atoms. The summed E-state index contributed by atoms with van der Waals surface area (Å²) in [5, 5.41) is 11.7.